The van der Waals surface area contributed by atoms with Gasteiger partial charge in [-0.25, -0.2) is 0 Å². The van der Waals surface area contributed by atoms with E-state index >= 15 is 0 Å². The molecular weight excluding hydrogens is 258 g/mol. The summed E-state index contributed by atoms with van der Waals surface area (Å²) in [6, 6.07) is 17.5. The summed E-state index contributed by atoms with van der Waals surface area (Å²) in [6.45, 7) is 0.536. The second-order valence-corrected chi connectivity index (χ2v) is 5.26. The van der Waals surface area contributed by atoms with Crippen LogP contribution in [0.2, 0.25) is 0 Å². The van der Waals surface area contributed by atoms with Crippen LogP contribution in [-0.4, -0.2) is 5.97 Å². The van der Waals surface area contributed by atoms with Gasteiger partial charge < -0.3 is 9.90 Å². The maximum Gasteiger partial charge on any atom is 0.286 e. The van der Waals surface area contributed by atoms with Crippen LogP contribution in [0.15, 0.2) is 54.6 Å². The van der Waals surface area contributed by atoms with E-state index in [2.05, 4.69) is 0 Å². The zero-order chi connectivity index (χ0) is 13.2. The maximum absolute atomic E-state index is 11.3. The van der Waals surface area contributed by atoms with Gasteiger partial charge in [0.2, 0.25) is 5.52 Å². The van der Waals surface area contributed by atoms with Crippen LogP contribution in [0.4, 0.5) is 0 Å². The van der Waals surface area contributed by atoms with E-state index < -0.39 is 5.97 Å². The van der Waals surface area contributed by atoms with Crippen molar-refractivity contribution in [2.75, 3.05) is 0 Å². The first-order chi connectivity index (χ1) is 9.25. The molecule has 0 amide bonds. The van der Waals surface area contributed by atoms with E-state index in [0.29, 0.717) is 6.54 Å². The number of aromatic carboxylic acids is 1. The molecule has 0 unspecified atom stereocenters. The van der Waals surface area contributed by atoms with Crippen molar-refractivity contribution in [3.05, 3.63) is 65.2 Å². The Balaban J connectivity index is 2.15. The van der Waals surface area contributed by atoms with Gasteiger partial charge in [-0.2, -0.15) is 4.57 Å². The van der Waals surface area contributed by atoms with Crippen LogP contribution in [0, 0.1) is 0 Å². The Morgan fingerprint density at radius 2 is 1.74 bits per heavy atom. The molecule has 0 bridgehead atoms. The number of carbonyl (C=O) groups is 1. The average molecular weight is 269 g/mol. The molecule has 3 rings (SSSR count). The molecule has 0 aliphatic carbocycles. The predicted octanol–water partition coefficient (Wildman–Crippen LogP) is 1.60. The van der Waals surface area contributed by atoms with Crippen LogP contribution >= 0.6 is 11.3 Å². The molecule has 2 aromatic carbocycles. The monoisotopic (exact) mass is 269 g/mol. The number of para-hydroxylation sites is 1. The third-order valence-electron chi connectivity index (χ3n) is 2.97. The van der Waals surface area contributed by atoms with Gasteiger partial charge in [0, 0.05) is 11.6 Å². The van der Waals surface area contributed by atoms with Crippen LogP contribution in [-0.2, 0) is 6.54 Å². The summed E-state index contributed by atoms with van der Waals surface area (Å²) in [5, 5.41) is 11.5. The largest absolute Gasteiger partial charge is 0.539 e. The van der Waals surface area contributed by atoms with Crippen LogP contribution in [0.5, 0.6) is 0 Å². The Morgan fingerprint density at radius 3 is 2.47 bits per heavy atom. The van der Waals surface area contributed by atoms with E-state index in [4.69, 9.17) is 0 Å². The number of thiazole rings is 1. The Kier molecular flexibility index (Phi) is 3.01. The molecule has 0 aliphatic rings. The molecule has 0 aliphatic heterocycles. The van der Waals surface area contributed by atoms with Gasteiger partial charge >= 0.3 is 0 Å². The predicted molar refractivity (Wildman–Crippen MR) is 71.9 cm³/mol. The maximum atomic E-state index is 11.3. The van der Waals surface area contributed by atoms with Gasteiger partial charge in [0.15, 0.2) is 12.5 Å². The number of carboxylic acids is 1. The minimum absolute atomic E-state index is 0.255. The minimum Gasteiger partial charge on any atom is -0.539 e. The van der Waals surface area contributed by atoms with E-state index in [0.717, 1.165) is 15.8 Å². The van der Waals surface area contributed by atoms with Crippen molar-refractivity contribution in [3.63, 3.8) is 0 Å². The highest BCUT2D eigenvalue weighted by Crippen LogP contribution is 2.20. The van der Waals surface area contributed by atoms with E-state index in [1.165, 1.54) is 11.3 Å². The van der Waals surface area contributed by atoms with E-state index in [1.54, 1.807) is 4.57 Å². The fourth-order valence-corrected chi connectivity index (χ4v) is 3.10. The molecule has 94 valence electrons. The second kappa shape index (κ2) is 4.82. The molecule has 0 saturated heterocycles. The quantitative estimate of drug-likeness (QED) is 0.678. The van der Waals surface area contributed by atoms with E-state index in [9.17, 15) is 9.90 Å². The Bertz CT molecular complexity index is 734. The third-order valence-corrected chi connectivity index (χ3v) is 4.11. The van der Waals surface area contributed by atoms with Gasteiger partial charge in [-0.1, -0.05) is 53.8 Å². The molecule has 0 N–H and O–H groups in total. The van der Waals surface area contributed by atoms with Crippen molar-refractivity contribution in [3.8, 4) is 0 Å². The summed E-state index contributed by atoms with van der Waals surface area (Å²) < 4.78 is 2.75. The van der Waals surface area contributed by atoms with E-state index in [-0.39, 0.29) is 5.01 Å². The van der Waals surface area contributed by atoms with Crippen LogP contribution < -0.4 is 9.67 Å². The van der Waals surface area contributed by atoms with Crippen molar-refractivity contribution in [1.29, 1.82) is 0 Å². The number of fused-ring (bicyclic) bond motifs is 1. The van der Waals surface area contributed by atoms with Crippen molar-refractivity contribution in [1.82, 2.24) is 0 Å². The van der Waals surface area contributed by atoms with E-state index in [1.807, 2.05) is 54.6 Å². The summed E-state index contributed by atoms with van der Waals surface area (Å²) in [6.07, 6.45) is 0. The lowest BCUT2D eigenvalue weighted by molar-refractivity contribution is -0.662. The molecule has 3 aromatic rings. The lowest BCUT2D eigenvalue weighted by Crippen LogP contribution is -2.42. The lowest BCUT2D eigenvalue weighted by Gasteiger charge is -2.00. The normalized spacial score (nSPS) is 10.7. The Hall–Kier alpha value is -2.20. The van der Waals surface area contributed by atoms with Crippen LogP contribution in [0.3, 0.4) is 0 Å². The topological polar surface area (TPSA) is 44.0 Å². The van der Waals surface area contributed by atoms with Gasteiger partial charge in [-0.05, 0) is 6.07 Å². The highest BCUT2D eigenvalue weighted by Gasteiger charge is 2.21. The summed E-state index contributed by atoms with van der Waals surface area (Å²) in [4.78, 5) is 11.3. The standard InChI is InChI=1S/C15H11NO2S/c17-15(18)14-16(10-11-6-2-1-3-7-11)12-8-4-5-9-13(12)19-14/h1-9H,10H2. The highest BCUT2D eigenvalue weighted by atomic mass is 32.1. The number of hydrogen-bond acceptors (Lipinski definition) is 3. The fraction of sp³-hybridized carbons (Fsp3) is 0.0667. The highest BCUT2D eigenvalue weighted by molar-refractivity contribution is 7.19. The van der Waals surface area contributed by atoms with Crippen molar-refractivity contribution in [2.45, 2.75) is 6.54 Å². The number of carbonyl (C=O) groups excluding carboxylic acids is 1. The zero-order valence-electron chi connectivity index (χ0n) is 10.1. The molecule has 19 heavy (non-hydrogen) atoms. The number of benzene rings is 2. The summed E-state index contributed by atoms with van der Waals surface area (Å²) >= 11 is 1.25. The molecule has 0 fully saturated rings. The lowest BCUT2D eigenvalue weighted by atomic mass is 10.2. The van der Waals surface area contributed by atoms with Crippen molar-refractivity contribution >= 4 is 27.5 Å². The molecule has 0 radical (unpaired) electrons. The fourth-order valence-electron chi connectivity index (χ4n) is 2.11. The summed E-state index contributed by atoms with van der Waals surface area (Å²) in [5.74, 6) is -1.13. The van der Waals surface area contributed by atoms with Crippen LogP contribution in [0.25, 0.3) is 10.2 Å². The Morgan fingerprint density at radius 1 is 1.05 bits per heavy atom. The first kappa shape index (κ1) is 11.9. The number of carboxylic acid groups (broad SMARTS) is 1. The zero-order valence-corrected chi connectivity index (χ0v) is 10.9. The number of aromatic nitrogens is 1. The van der Waals surface area contributed by atoms with Gasteiger partial charge in [-0.15, -0.1) is 0 Å². The molecule has 0 spiro atoms. The second-order valence-electron chi connectivity index (χ2n) is 4.23. The number of hydrogen-bond donors (Lipinski definition) is 0. The van der Waals surface area contributed by atoms with Gasteiger partial charge in [-0.3, -0.25) is 0 Å². The third kappa shape index (κ3) is 2.22. The van der Waals surface area contributed by atoms with Gasteiger partial charge in [0.05, 0.1) is 0 Å². The molecule has 3 nitrogen and oxygen atoms in total. The molecule has 0 atom stereocenters. The van der Waals surface area contributed by atoms with Crippen molar-refractivity contribution in [2.24, 2.45) is 0 Å². The molecule has 1 heterocycles. The first-order valence-corrected chi connectivity index (χ1v) is 6.74. The SMILES string of the molecule is O=C([O-])c1sc2ccccc2[n+]1Cc1ccccc1. The van der Waals surface area contributed by atoms with Crippen molar-refractivity contribution < 1.29 is 14.5 Å². The first-order valence-electron chi connectivity index (χ1n) is 5.92. The smallest absolute Gasteiger partial charge is 0.286 e. The molecule has 0 saturated carbocycles. The summed E-state index contributed by atoms with van der Waals surface area (Å²) in [7, 11) is 0. The molecule has 4 heteroatoms. The Labute approximate surface area is 114 Å². The van der Waals surface area contributed by atoms with Gasteiger partial charge in [0.25, 0.3) is 5.01 Å². The van der Waals surface area contributed by atoms with Gasteiger partial charge in [0.1, 0.15) is 4.70 Å². The number of nitrogens with zero attached hydrogens (tertiary/aromatic N) is 1. The number of rotatable bonds is 3. The molecular formula is C15H11NO2S. The molecule has 1 aromatic heterocycles. The minimum atomic E-state index is -1.13. The summed E-state index contributed by atoms with van der Waals surface area (Å²) in [5.41, 5.74) is 1.99. The van der Waals surface area contributed by atoms with Crippen LogP contribution in [0.1, 0.15) is 15.4 Å². The average Bonchev–Trinajstić information content (AvgIpc) is 2.79.